The normalized spacial score (nSPS) is 18.8. The van der Waals surface area contributed by atoms with Gasteiger partial charge in [0.25, 0.3) is 17.7 Å². The number of unbranched alkanes of at least 4 members (excludes halogenated alkanes) is 9. The number of anilines is 3. The van der Waals surface area contributed by atoms with E-state index in [9.17, 15) is 33.2 Å². The van der Waals surface area contributed by atoms with Crippen LogP contribution in [0.3, 0.4) is 0 Å². The Morgan fingerprint density at radius 1 is 0.817 bits per heavy atom. The molecular formula is C45H55FN8O6. The van der Waals surface area contributed by atoms with Gasteiger partial charge < -0.3 is 25.8 Å². The Kier molecular flexibility index (Phi) is 13.9. The van der Waals surface area contributed by atoms with Crippen molar-refractivity contribution in [2.75, 3.05) is 61.8 Å². The van der Waals surface area contributed by atoms with Gasteiger partial charge in [0.1, 0.15) is 11.9 Å². The summed E-state index contributed by atoms with van der Waals surface area (Å²) in [7, 11) is 0. The highest BCUT2D eigenvalue weighted by Gasteiger charge is 2.45. The van der Waals surface area contributed by atoms with Gasteiger partial charge in [0, 0.05) is 68.0 Å². The molecule has 3 aromatic rings. The van der Waals surface area contributed by atoms with Crippen molar-refractivity contribution in [2.24, 2.45) is 0 Å². The number of carbonyl (C=O) groups is 6. The first kappa shape index (κ1) is 42.5. The van der Waals surface area contributed by atoms with E-state index >= 15 is 0 Å². The molecule has 0 spiro atoms. The molecule has 1 unspecified atom stereocenters. The Bertz CT molecular complexity index is 2160. The summed E-state index contributed by atoms with van der Waals surface area (Å²) in [6, 6.07) is 8.37. The lowest BCUT2D eigenvalue weighted by Gasteiger charge is -2.34. The van der Waals surface area contributed by atoms with Crippen LogP contribution >= 0.6 is 0 Å². The number of nitrogens with zero attached hydrogens (tertiary/aromatic N) is 3. The Balaban J connectivity index is 0.701. The molecule has 6 amide bonds. The molecule has 60 heavy (non-hydrogen) atoms. The molecule has 2 aromatic carbocycles. The van der Waals surface area contributed by atoms with Crippen molar-refractivity contribution in [1.82, 2.24) is 25.0 Å². The van der Waals surface area contributed by atoms with Crippen LogP contribution in [0.25, 0.3) is 11.6 Å². The lowest BCUT2D eigenvalue weighted by Crippen LogP contribution is -2.54. The Morgan fingerprint density at radius 2 is 1.52 bits per heavy atom. The average molecular weight is 823 g/mol. The lowest BCUT2D eigenvalue weighted by molar-refractivity contribution is -0.136. The number of amides is 6. The number of piperazine rings is 1. The predicted octanol–water partition coefficient (Wildman–Crippen LogP) is 5.93. The van der Waals surface area contributed by atoms with E-state index in [-0.39, 0.29) is 30.2 Å². The maximum atomic E-state index is 13.9. The van der Waals surface area contributed by atoms with Gasteiger partial charge in [0.2, 0.25) is 17.7 Å². The average Bonchev–Trinajstić information content (AvgIpc) is 3.82. The van der Waals surface area contributed by atoms with Crippen LogP contribution in [0.2, 0.25) is 0 Å². The highest BCUT2D eigenvalue weighted by atomic mass is 19.1. The van der Waals surface area contributed by atoms with Crippen LogP contribution in [0.5, 0.6) is 0 Å². The maximum Gasteiger partial charge on any atom is 0.264 e. The van der Waals surface area contributed by atoms with Crippen LogP contribution in [0.1, 0.15) is 115 Å². The number of rotatable bonds is 19. The molecule has 318 valence electrons. The minimum absolute atomic E-state index is 0.0835. The molecule has 7 rings (SSSR count). The van der Waals surface area contributed by atoms with Crippen LogP contribution in [0, 0.1) is 12.7 Å². The van der Waals surface area contributed by atoms with Crippen molar-refractivity contribution in [3.8, 4) is 0 Å². The number of hydrogen-bond acceptors (Lipinski definition) is 9. The van der Waals surface area contributed by atoms with E-state index in [4.69, 9.17) is 0 Å². The Labute approximate surface area is 349 Å². The number of aromatic nitrogens is 1. The van der Waals surface area contributed by atoms with Gasteiger partial charge in [-0.15, -0.1) is 0 Å². The molecule has 2 saturated heterocycles. The lowest BCUT2D eigenvalue weighted by atomic mass is 10.0. The first-order valence-corrected chi connectivity index (χ1v) is 21.4. The summed E-state index contributed by atoms with van der Waals surface area (Å²) in [4.78, 5) is 84.5. The van der Waals surface area contributed by atoms with Gasteiger partial charge in [-0.1, -0.05) is 57.4 Å². The van der Waals surface area contributed by atoms with Crippen LogP contribution in [0.4, 0.5) is 21.5 Å². The molecule has 0 saturated carbocycles. The third-order valence-corrected chi connectivity index (χ3v) is 12.0. The summed E-state index contributed by atoms with van der Waals surface area (Å²) in [6.07, 6.45) is 15.4. The minimum atomic E-state index is -0.972. The van der Waals surface area contributed by atoms with E-state index < -0.39 is 35.5 Å². The van der Waals surface area contributed by atoms with Gasteiger partial charge in [0.15, 0.2) is 0 Å². The summed E-state index contributed by atoms with van der Waals surface area (Å²) < 4.78 is 13.9. The van der Waals surface area contributed by atoms with Crippen LogP contribution in [-0.4, -0.2) is 107 Å². The van der Waals surface area contributed by atoms with Crippen molar-refractivity contribution in [3.63, 3.8) is 0 Å². The molecule has 5 N–H and O–H groups in total. The van der Waals surface area contributed by atoms with Crippen molar-refractivity contribution >= 4 is 64.2 Å². The van der Waals surface area contributed by atoms with E-state index in [0.717, 1.165) is 62.4 Å². The zero-order chi connectivity index (χ0) is 42.2. The van der Waals surface area contributed by atoms with Crippen molar-refractivity contribution in [2.45, 2.75) is 90.0 Å². The second kappa shape index (κ2) is 19.6. The topological polar surface area (TPSA) is 176 Å². The molecule has 1 atom stereocenters. The smallest absolute Gasteiger partial charge is 0.264 e. The summed E-state index contributed by atoms with van der Waals surface area (Å²) in [5.41, 5.74) is 4.79. The van der Waals surface area contributed by atoms with Crippen LogP contribution in [0.15, 0.2) is 42.6 Å². The zero-order valence-corrected chi connectivity index (χ0v) is 34.3. The number of aromatic amines is 1. The molecule has 0 aliphatic carbocycles. The number of fused-ring (bicyclic) bond motifs is 2. The van der Waals surface area contributed by atoms with Crippen LogP contribution < -0.4 is 21.3 Å². The van der Waals surface area contributed by atoms with Gasteiger partial charge in [-0.25, -0.2) is 4.39 Å². The number of halogens is 1. The highest BCUT2D eigenvalue weighted by molar-refractivity contribution is 6.35. The molecular weight excluding hydrogens is 768 g/mol. The summed E-state index contributed by atoms with van der Waals surface area (Å²) in [5, 5.41) is 11.3. The van der Waals surface area contributed by atoms with Crippen molar-refractivity contribution < 1.29 is 33.2 Å². The number of piperidine rings is 1. The Hall–Kier alpha value is -5.67. The zero-order valence-electron chi connectivity index (χ0n) is 34.3. The monoisotopic (exact) mass is 822 g/mol. The summed E-state index contributed by atoms with van der Waals surface area (Å²) in [6.45, 7) is 7.54. The Morgan fingerprint density at radius 3 is 2.25 bits per heavy atom. The molecule has 4 aliphatic heterocycles. The fraction of sp³-hybridized carbons (Fsp3) is 0.467. The predicted molar refractivity (Wildman–Crippen MR) is 228 cm³/mol. The summed E-state index contributed by atoms with van der Waals surface area (Å²) >= 11 is 0. The SMILES string of the molecule is Cc1c(NC(=O)CN2CCN(CCCCCCCCCCCCNc3cccc4c3C(=O)N(C3CCC(=O)NC3=O)C4=O)CC2)c[nH]c1/C=C1\C(=O)Nc2ccc(F)cc21. The number of benzene rings is 2. The molecule has 14 nitrogen and oxygen atoms in total. The third kappa shape index (κ3) is 10.0. The van der Waals surface area contributed by atoms with Gasteiger partial charge in [-0.3, -0.25) is 43.9 Å². The molecule has 2 fully saturated rings. The van der Waals surface area contributed by atoms with Crippen molar-refractivity contribution in [1.29, 1.82) is 0 Å². The maximum absolute atomic E-state index is 13.9. The molecule has 5 heterocycles. The largest absolute Gasteiger partial charge is 0.384 e. The van der Waals surface area contributed by atoms with Gasteiger partial charge >= 0.3 is 0 Å². The van der Waals surface area contributed by atoms with E-state index in [1.165, 1.54) is 57.1 Å². The first-order chi connectivity index (χ1) is 29.1. The number of hydrogen-bond donors (Lipinski definition) is 5. The fourth-order valence-electron chi connectivity index (χ4n) is 8.56. The second-order valence-corrected chi connectivity index (χ2v) is 16.2. The van der Waals surface area contributed by atoms with E-state index in [2.05, 4.69) is 36.1 Å². The van der Waals surface area contributed by atoms with Crippen molar-refractivity contribution in [3.05, 3.63) is 76.4 Å². The standard InChI is InChI=1S/C45H55FN8O6/c1-29-36(26-33-32-25-30(46)15-16-34(32)50-42(33)57)48-27-37(29)49-40(56)28-53-23-21-52(22-24-53)20-11-9-7-5-3-2-4-6-8-10-19-47-35-14-12-13-31-41(35)45(60)54(44(31)59)38-17-18-39(55)51-43(38)58/h12-16,25-27,38,47-48H,2-11,17-24,28H2,1H3,(H,49,56)(H,50,57)(H,51,55,58)/b33-26-. The van der Waals surface area contributed by atoms with Gasteiger partial charge in [-0.05, 0) is 74.7 Å². The molecule has 0 bridgehead atoms. The molecule has 15 heteroatoms. The number of imide groups is 2. The number of nitrogens with one attached hydrogen (secondary N) is 5. The number of H-pyrrole nitrogens is 1. The summed E-state index contributed by atoms with van der Waals surface area (Å²) in [5.74, 6) is -2.78. The molecule has 0 radical (unpaired) electrons. The fourth-order valence-corrected chi connectivity index (χ4v) is 8.56. The second-order valence-electron chi connectivity index (χ2n) is 16.2. The minimum Gasteiger partial charge on any atom is -0.384 e. The van der Waals surface area contributed by atoms with Crippen LogP contribution in [-0.2, 0) is 19.2 Å². The van der Waals surface area contributed by atoms with E-state index in [1.54, 1.807) is 36.5 Å². The molecule has 1 aromatic heterocycles. The van der Waals surface area contributed by atoms with Gasteiger partial charge in [0.05, 0.1) is 28.9 Å². The molecule has 4 aliphatic rings. The highest BCUT2D eigenvalue weighted by Crippen LogP contribution is 2.35. The first-order valence-electron chi connectivity index (χ1n) is 21.4. The third-order valence-electron chi connectivity index (χ3n) is 12.0. The van der Waals surface area contributed by atoms with Gasteiger partial charge in [-0.2, -0.15) is 0 Å². The van der Waals surface area contributed by atoms with E-state index in [0.29, 0.717) is 52.5 Å². The quantitative estimate of drug-likeness (QED) is 0.0558. The van der Waals surface area contributed by atoms with E-state index in [1.807, 2.05) is 6.92 Å². The number of carbonyl (C=O) groups excluding carboxylic acids is 6.